The van der Waals surface area contributed by atoms with E-state index in [0.29, 0.717) is 0 Å². The summed E-state index contributed by atoms with van der Waals surface area (Å²) < 4.78 is 36.6. The third-order valence-corrected chi connectivity index (χ3v) is 1.86. The third-order valence-electron chi connectivity index (χ3n) is 1.86. The van der Waals surface area contributed by atoms with Gasteiger partial charge in [-0.25, -0.2) is 9.97 Å². The van der Waals surface area contributed by atoms with Crippen molar-refractivity contribution in [2.45, 2.75) is 25.1 Å². The van der Waals surface area contributed by atoms with Gasteiger partial charge < -0.3 is 5.32 Å². The van der Waals surface area contributed by atoms with Crippen LogP contribution in [0.1, 0.15) is 18.5 Å². The molecule has 0 saturated heterocycles. The summed E-state index contributed by atoms with van der Waals surface area (Å²) in [7, 11) is 0. The van der Waals surface area contributed by atoms with E-state index in [4.69, 9.17) is 0 Å². The molecule has 1 aromatic heterocycles. The van der Waals surface area contributed by atoms with E-state index < -0.39 is 11.9 Å². The molecule has 0 atom stereocenters. The number of aromatic nitrogens is 2. The Morgan fingerprint density at radius 1 is 1.36 bits per heavy atom. The van der Waals surface area contributed by atoms with Crippen molar-refractivity contribution in [3.05, 3.63) is 18.0 Å². The lowest BCUT2D eigenvalue weighted by atomic mass is 10.4. The Balaban J connectivity index is 2.17. The van der Waals surface area contributed by atoms with Crippen molar-refractivity contribution in [3.8, 4) is 0 Å². The fraction of sp³-hybridized carbons (Fsp3) is 0.500. The first-order valence-electron chi connectivity index (χ1n) is 4.22. The zero-order valence-electron chi connectivity index (χ0n) is 7.17. The van der Waals surface area contributed by atoms with Gasteiger partial charge in [-0.2, -0.15) is 13.2 Å². The quantitative estimate of drug-likeness (QED) is 0.799. The average Bonchev–Trinajstić information content (AvgIpc) is 2.87. The zero-order chi connectivity index (χ0) is 10.2. The minimum atomic E-state index is -4.40. The number of nitrogens with zero attached hydrogens (tertiary/aromatic N) is 2. The molecule has 1 aliphatic carbocycles. The molecule has 1 aromatic rings. The lowest BCUT2D eigenvalue weighted by Gasteiger charge is -2.07. The molecule has 0 unspecified atom stereocenters. The average molecular weight is 203 g/mol. The molecular formula is C8H8F3N3. The largest absolute Gasteiger partial charge is 0.433 e. The van der Waals surface area contributed by atoms with Crippen molar-refractivity contribution in [2.24, 2.45) is 0 Å². The lowest BCUT2D eigenvalue weighted by molar-refractivity contribution is -0.141. The second-order valence-electron chi connectivity index (χ2n) is 3.18. The molecule has 1 heterocycles. The minimum absolute atomic E-state index is 0.0577. The highest BCUT2D eigenvalue weighted by Crippen LogP contribution is 2.28. The number of hydrogen-bond donors (Lipinski definition) is 1. The van der Waals surface area contributed by atoms with Gasteiger partial charge in [-0.15, -0.1) is 0 Å². The van der Waals surface area contributed by atoms with E-state index >= 15 is 0 Å². The van der Waals surface area contributed by atoms with Crippen LogP contribution in [0.15, 0.2) is 12.3 Å². The van der Waals surface area contributed by atoms with E-state index in [1.807, 2.05) is 0 Å². The maximum atomic E-state index is 12.2. The molecule has 3 nitrogen and oxygen atoms in total. The molecule has 0 spiro atoms. The highest BCUT2D eigenvalue weighted by atomic mass is 19.4. The summed E-state index contributed by atoms with van der Waals surface area (Å²) in [5.41, 5.74) is -0.907. The van der Waals surface area contributed by atoms with Gasteiger partial charge in [-0.05, 0) is 18.9 Å². The lowest BCUT2D eigenvalue weighted by Crippen LogP contribution is -2.12. The van der Waals surface area contributed by atoms with E-state index in [0.717, 1.165) is 25.1 Å². The molecular weight excluding hydrogens is 195 g/mol. The fourth-order valence-electron chi connectivity index (χ4n) is 0.996. The fourth-order valence-corrected chi connectivity index (χ4v) is 0.996. The van der Waals surface area contributed by atoms with Crippen LogP contribution in [0.3, 0.4) is 0 Å². The van der Waals surface area contributed by atoms with Crippen LogP contribution >= 0.6 is 0 Å². The highest BCUT2D eigenvalue weighted by Gasteiger charge is 2.33. The van der Waals surface area contributed by atoms with Crippen LogP contribution in [0.5, 0.6) is 0 Å². The van der Waals surface area contributed by atoms with E-state index in [-0.39, 0.29) is 12.0 Å². The minimum Gasteiger partial charge on any atom is -0.351 e. The van der Waals surface area contributed by atoms with Gasteiger partial charge in [0.2, 0.25) is 5.95 Å². The van der Waals surface area contributed by atoms with Crippen molar-refractivity contribution in [3.63, 3.8) is 0 Å². The summed E-state index contributed by atoms with van der Waals surface area (Å²) in [6, 6.07) is 1.11. The maximum absolute atomic E-state index is 12.2. The molecule has 0 bridgehead atoms. The van der Waals surface area contributed by atoms with E-state index in [1.54, 1.807) is 0 Å². The molecule has 76 valence electrons. The van der Waals surface area contributed by atoms with Gasteiger partial charge in [0.1, 0.15) is 5.69 Å². The van der Waals surface area contributed by atoms with E-state index in [2.05, 4.69) is 15.3 Å². The molecule has 2 rings (SSSR count). The van der Waals surface area contributed by atoms with Gasteiger partial charge >= 0.3 is 6.18 Å². The SMILES string of the molecule is FC(F)(F)c1ccnc(NC2CC2)n1. The monoisotopic (exact) mass is 203 g/mol. The predicted octanol–water partition coefficient (Wildman–Crippen LogP) is 2.07. The molecule has 1 aliphatic rings. The summed E-state index contributed by atoms with van der Waals surface area (Å²) in [4.78, 5) is 7.09. The Morgan fingerprint density at radius 2 is 2.07 bits per heavy atom. The molecule has 0 amide bonds. The number of alkyl halides is 3. The van der Waals surface area contributed by atoms with Crippen LogP contribution in [-0.4, -0.2) is 16.0 Å². The summed E-state index contributed by atoms with van der Waals surface area (Å²) in [5, 5.41) is 2.81. The van der Waals surface area contributed by atoms with Crippen molar-refractivity contribution >= 4 is 5.95 Å². The van der Waals surface area contributed by atoms with Gasteiger partial charge in [-0.1, -0.05) is 0 Å². The van der Waals surface area contributed by atoms with Crippen LogP contribution in [-0.2, 0) is 6.18 Å². The van der Waals surface area contributed by atoms with Crippen molar-refractivity contribution in [1.29, 1.82) is 0 Å². The second-order valence-corrected chi connectivity index (χ2v) is 3.18. The Labute approximate surface area is 78.4 Å². The number of nitrogens with one attached hydrogen (secondary N) is 1. The van der Waals surface area contributed by atoms with Gasteiger partial charge in [0.05, 0.1) is 0 Å². The normalized spacial score (nSPS) is 16.8. The molecule has 0 aliphatic heterocycles. The Kier molecular flexibility index (Phi) is 2.05. The standard InChI is InChI=1S/C8H8F3N3/c9-8(10,11)6-3-4-12-7(14-6)13-5-1-2-5/h3-5H,1-2H2,(H,12,13,14). The molecule has 1 N–H and O–H groups in total. The van der Waals surface area contributed by atoms with E-state index in [9.17, 15) is 13.2 Å². The first-order valence-corrected chi connectivity index (χ1v) is 4.22. The van der Waals surface area contributed by atoms with Gasteiger partial charge in [0.25, 0.3) is 0 Å². The summed E-state index contributed by atoms with van der Waals surface area (Å²) in [6.07, 6.45) is -1.34. The molecule has 6 heteroatoms. The van der Waals surface area contributed by atoms with Crippen LogP contribution in [0.25, 0.3) is 0 Å². The predicted molar refractivity (Wildman–Crippen MR) is 43.7 cm³/mol. The van der Waals surface area contributed by atoms with Gasteiger partial charge in [0.15, 0.2) is 0 Å². The van der Waals surface area contributed by atoms with Crippen molar-refractivity contribution < 1.29 is 13.2 Å². The van der Waals surface area contributed by atoms with Crippen LogP contribution in [0, 0.1) is 0 Å². The molecule has 0 radical (unpaired) electrons. The molecule has 0 aromatic carbocycles. The van der Waals surface area contributed by atoms with Crippen LogP contribution in [0.2, 0.25) is 0 Å². The molecule has 14 heavy (non-hydrogen) atoms. The van der Waals surface area contributed by atoms with Gasteiger partial charge in [-0.3, -0.25) is 0 Å². The van der Waals surface area contributed by atoms with Gasteiger partial charge in [0, 0.05) is 12.2 Å². The second kappa shape index (κ2) is 3.11. The van der Waals surface area contributed by atoms with Crippen LogP contribution < -0.4 is 5.32 Å². The first kappa shape index (κ1) is 9.23. The van der Waals surface area contributed by atoms with Crippen molar-refractivity contribution in [1.82, 2.24) is 9.97 Å². The molecule has 1 saturated carbocycles. The summed E-state index contributed by atoms with van der Waals surface area (Å²) in [6.45, 7) is 0. The van der Waals surface area contributed by atoms with Crippen molar-refractivity contribution in [2.75, 3.05) is 5.32 Å². The number of halogens is 3. The number of rotatable bonds is 2. The van der Waals surface area contributed by atoms with Crippen LogP contribution in [0.4, 0.5) is 19.1 Å². The third kappa shape index (κ3) is 2.12. The smallest absolute Gasteiger partial charge is 0.351 e. The topological polar surface area (TPSA) is 37.8 Å². The first-order chi connectivity index (χ1) is 6.55. The zero-order valence-corrected chi connectivity index (χ0v) is 7.17. The Morgan fingerprint density at radius 3 is 2.64 bits per heavy atom. The number of hydrogen-bond acceptors (Lipinski definition) is 3. The Bertz CT molecular complexity index is 333. The maximum Gasteiger partial charge on any atom is 0.433 e. The van der Waals surface area contributed by atoms with E-state index in [1.165, 1.54) is 0 Å². The summed E-state index contributed by atoms with van der Waals surface area (Å²) >= 11 is 0. The number of anilines is 1. The highest BCUT2D eigenvalue weighted by molar-refractivity contribution is 5.29. The molecule has 1 fully saturated rings. The Hall–Kier alpha value is -1.33. The summed E-state index contributed by atoms with van der Waals surface area (Å²) in [5.74, 6) is 0.0577.